The maximum Gasteiger partial charge on any atom is 0.349 e. The van der Waals surface area contributed by atoms with Crippen molar-refractivity contribution >= 4 is 57.1 Å². The van der Waals surface area contributed by atoms with E-state index in [1.807, 2.05) is 6.07 Å². The fourth-order valence-electron chi connectivity index (χ4n) is 3.72. The maximum atomic E-state index is 12.7. The van der Waals surface area contributed by atoms with Crippen molar-refractivity contribution in [1.29, 1.82) is 0 Å². The van der Waals surface area contributed by atoms with Crippen LogP contribution in [0.3, 0.4) is 0 Å². The van der Waals surface area contributed by atoms with Crippen molar-refractivity contribution in [3.05, 3.63) is 60.2 Å². The van der Waals surface area contributed by atoms with Crippen LogP contribution in [0.4, 0.5) is 0 Å². The van der Waals surface area contributed by atoms with Gasteiger partial charge in [0.25, 0.3) is 0 Å². The number of hydrogen-bond acceptors (Lipinski definition) is 4. The van der Waals surface area contributed by atoms with Gasteiger partial charge in [0, 0.05) is 5.56 Å². The molecule has 0 aliphatic carbocycles. The molecule has 0 fully saturated rings. The zero-order valence-corrected chi connectivity index (χ0v) is 17.6. The normalized spacial score (nSPS) is 12.2. The number of benzene rings is 4. The van der Waals surface area contributed by atoms with Gasteiger partial charge in [0.05, 0.1) is 13.2 Å². The molecule has 0 saturated carbocycles. The van der Waals surface area contributed by atoms with Crippen LogP contribution >= 0.6 is 19.8 Å². The van der Waals surface area contributed by atoms with Gasteiger partial charge in [0.2, 0.25) is 0 Å². The Bertz CT molecular complexity index is 1180. The summed E-state index contributed by atoms with van der Waals surface area (Å²) < 4.78 is 23.4. The molecular formula is C22H22NO3PS. The fourth-order valence-corrected chi connectivity index (χ4v) is 5.47. The number of nitrogens with one attached hydrogen (secondary N) is 1. The highest BCUT2D eigenvalue weighted by molar-refractivity contribution is 7.80. The zero-order chi connectivity index (χ0) is 19.7. The molecule has 0 heterocycles. The van der Waals surface area contributed by atoms with Crippen LogP contribution in [0.25, 0.3) is 32.3 Å². The molecule has 4 nitrogen and oxygen atoms in total. The first kappa shape index (κ1) is 19.3. The summed E-state index contributed by atoms with van der Waals surface area (Å²) in [7, 11) is -3.21. The standard InChI is InChI=1S/C22H22NO3PS/c1-3-25-27(24,26-4-2)14-23-22(28)19-13-11-17-9-8-15-6-5-7-16-10-12-18(19)21(17)20(15)16/h5-13H,3-4,14H2,1-2H3,(H,23,28). The molecule has 4 rings (SSSR count). The van der Waals surface area contributed by atoms with Gasteiger partial charge in [-0.25, -0.2) is 0 Å². The molecule has 0 spiro atoms. The van der Waals surface area contributed by atoms with E-state index in [0.29, 0.717) is 18.2 Å². The van der Waals surface area contributed by atoms with Crippen LogP contribution in [-0.2, 0) is 13.6 Å². The van der Waals surface area contributed by atoms with Crippen molar-refractivity contribution in [1.82, 2.24) is 5.32 Å². The van der Waals surface area contributed by atoms with Gasteiger partial charge >= 0.3 is 7.60 Å². The van der Waals surface area contributed by atoms with E-state index in [4.69, 9.17) is 21.3 Å². The monoisotopic (exact) mass is 411 g/mol. The summed E-state index contributed by atoms with van der Waals surface area (Å²) in [5.41, 5.74) is 0.917. The molecule has 144 valence electrons. The highest BCUT2D eigenvalue weighted by Gasteiger charge is 2.24. The summed E-state index contributed by atoms with van der Waals surface area (Å²) in [6, 6.07) is 19.0. The summed E-state index contributed by atoms with van der Waals surface area (Å²) in [4.78, 5) is 0.539. The topological polar surface area (TPSA) is 47.6 Å². The molecule has 0 unspecified atom stereocenters. The molecular weight excluding hydrogens is 389 g/mol. The van der Waals surface area contributed by atoms with E-state index in [0.717, 1.165) is 10.9 Å². The minimum atomic E-state index is -3.21. The Morgan fingerprint density at radius 1 is 0.893 bits per heavy atom. The van der Waals surface area contributed by atoms with E-state index in [1.54, 1.807) is 13.8 Å². The average Bonchev–Trinajstić information content (AvgIpc) is 2.70. The van der Waals surface area contributed by atoms with Crippen molar-refractivity contribution in [3.8, 4) is 0 Å². The largest absolute Gasteiger partial charge is 0.365 e. The van der Waals surface area contributed by atoms with Gasteiger partial charge in [0.15, 0.2) is 0 Å². The summed E-state index contributed by atoms with van der Waals surface area (Å²) >= 11 is 5.64. The third-order valence-corrected chi connectivity index (χ3v) is 7.07. The van der Waals surface area contributed by atoms with Crippen LogP contribution in [0.2, 0.25) is 0 Å². The van der Waals surface area contributed by atoms with E-state index in [-0.39, 0.29) is 6.29 Å². The zero-order valence-electron chi connectivity index (χ0n) is 15.9. The van der Waals surface area contributed by atoms with E-state index < -0.39 is 7.60 Å². The highest BCUT2D eigenvalue weighted by Crippen LogP contribution is 2.46. The highest BCUT2D eigenvalue weighted by atomic mass is 32.1. The van der Waals surface area contributed by atoms with Crippen LogP contribution in [0.15, 0.2) is 54.6 Å². The minimum absolute atomic E-state index is 0.0511. The Kier molecular flexibility index (Phi) is 5.35. The Labute approximate surface area is 169 Å². The molecule has 0 atom stereocenters. The number of hydrogen-bond donors (Lipinski definition) is 1. The predicted octanol–water partition coefficient (Wildman–Crippen LogP) is 6.07. The Morgan fingerprint density at radius 2 is 1.46 bits per heavy atom. The van der Waals surface area contributed by atoms with Gasteiger partial charge in [-0.05, 0) is 46.2 Å². The first-order valence-electron chi connectivity index (χ1n) is 9.39. The van der Waals surface area contributed by atoms with E-state index in [9.17, 15) is 4.57 Å². The average molecular weight is 411 g/mol. The maximum absolute atomic E-state index is 12.7. The van der Waals surface area contributed by atoms with E-state index >= 15 is 0 Å². The second-order valence-electron chi connectivity index (χ2n) is 6.58. The lowest BCUT2D eigenvalue weighted by Crippen LogP contribution is -2.25. The lowest BCUT2D eigenvalue weighted by Gasteiger charge is -2.19. The van der Waals surface area contributed by atoms with Crippen LogP contribution < -0.4 is 5.32 Å². The molecule has 0 radical (unpaired) electrons. The van der Waals surface area contributed by atoms with Crippen molar-refractivity contribution in [2.24, 2.45) is 0 Å². The van der Waals surface area contributed by atoms with Crippen LogP contribution in [-0.4, -0.2) is 24.5 Å². The second-order valence-corrected chi connectivity index (χ2v) is 9.04. The van der Waals surface area contributed by atoms with Gasteiger partial charge in [-0.2, -0.15) is 0 Å². The molecule has 0 saturated heterocycles. The molecule has 0 amide bonds. The fraction of sp³-hybridized carbons (Fsp3) is 0.227. The van der Waals surface area contributed by atoms with Crippen molar-refractivity contribution in [2.75, 3.05) is 19.5 Å². The molecule has 4 aromatic rings. The van der Waals surface area contributed by atoms with Gasteiger partial charge in [-0.3, -0.25) is 4.57 Å². The third kappa shape index (κ3) is 3.40. The Hall–Kier alpha value is -2.04. The first-order valence-corrected chi connectivity index (χ1v) is 11.5. The number of rotatable bonds is 7. The van der Waals surface area contributed by atoms with Gasteiger partial charge < -0.3 is 14.4 Å². The first-order chi connectivity index (χ1) is 13.6. The predicted molar refractivity (Wildman–Crippen MR) is 121 cm³/mol. The quantitative estimate of drug-likeness (QED) is 0.227. The third-order valence-electron chi connectivity index (χ3n) is 4.86. The lowest BCUT2D eigenvalue weighted by molar-refractivity contribution is 0.219. The smallest absolute Gasteiger partial charge is 0.349 e. The van der Waals surface area contributed by atoms with Crippen LogP contribution in [0.1, 0.15) is 19.4 Å². The molecule has 0 aromatic heterocycles. The summed E-state index contributed by atoms with van der Waals surface area (Å²) in [6.45, 7) is 4.24. The molecule has 0 aliphatic heterocycles. The summed E-state index contributed by atoms with van der Waals surface area (Å²) in [6.07, 6.45) is 0.0511. The molecule has 28 heavy (non-hydrogen) atoms. The van der Waals surface area contributed by atoms with Gasteiger partial charge in [-0.1, -0.05) is 66.8 Å². The van der Waals surface area contributed by atoms with Crippen molar-refractivity contribution < 1.29 is 13.6 Å². The Balaban J connectivity index is 1.74. The SMILES string of the molecule is CCOP(=O)(CNC(=S)c1ccc2ccc3cccc4ccc1c2c34)OCC. The van der Waals surface area contributed by atoms with Crippen molar-refractivity contribution in [2.45, 2.75) is 13.8 Å². The van der Waals surface area contributed by atoms with Gasteiger partial charge in [0.1, 0.15) is 11.3 Å². The molecule has 6 heteroatoms. The lowest BCUT2D eigenvalue weighted by atomic mass is 9.92. The number of thiocarbonyl (C=S) groups is 1. The van der Waals surface area contributed by atoms with E-state index in [1.165, 1.54) is 26.9 Å². The Morgan fingerprint density at radius 3 is 2.11 bits per heavy atom. The van der Waals surface area contributed by atoms with Crippen LogP contribution in [0.5, 0.6) is 0 Å². The summed E-state index contributed by atoms with van der Waals surface area (Å²) in [5, 5.41) is 10.2. The van der Waals surface area contributed by atoms with Crippen LogP contribution in [0, 0.1) is 0 Å². The molecule has 0 aliphatic rings. The van der Waals surface area contributed by atoms with E-state index in [2.05, 4.69) is 53.8 Å². The molecule has 1 N–H and O–H groups in total. The second kappa shape index (κ2) is 7.76. The summed E-state index contributed by atoms with van der Waals surface area (Å²) in [5.74, 6) is 0. The molecule has 4 aromatic carbocycles. The molecule has 0 bridgehead atoms. The minimum Gasteiger partial charge on any atom is -0.365 e. The van der Waals surface area contributed by atoms with Gasteiger partial charge in [-0.15, -0.1) is 0 Å². The van der Waals surface area contributed by atoms with Crippen molar-refractivity contribution in [3.63, 3.8) is 0 Å².